The molecular formula is C16H28N6O2S. The van der Waals surface area contributed by atoms with Crippen LogP contribution in [0.15, 0.2) is 0 Å². The molecule has 1 fully saturated rings. The minimum absolute atomic E-state index is 0.300. The van der Waals surface area contributed by atoms with Gasteiger partial charge in [0.15, 0.2) is 0 Å². The monoisotopic (exact) mass is 368 g/mol. The molecule has 0 spiro atoms. The van der Waals surface area contributed by atoms with E-state index in [0.29, 0.717) is 12.4 Å². The Kier molecular flexibility index (Phi) is 5.29. The van der Waals surface area contributed by atoms with E-state index in [1.165, 1.54) is 4.31 Å². The molecule has 0 aliphatic carbocycles. The summed E-state index contributed by atoms with van der Waals surface area (Å²) in [5.74, 6) is 1.45. The van der Waals surface area contributed by atoms with E-state index in [1.54, 1.807) is 18.4 Å². The third kappa shape index (κ3) is 3.51. The van der Waals surface area contributed by atoms with Gasteiger partial charge in [-0.2, -0.15) is 17.0 Å². The van der Waals surface area contributed by atoms with Crippen LogP contribution in [0, 0.1) is 0 Å². The highest BCUT2D eigenvalue weighted by Gasteiger charge is 2.37. The van der Waals surface area contributed by atoms with E-state index in [0.717, 1.165) is 55.8 Å². The maximum Gasteiger partial charge on any atom is 0.282 e. The summed E-state index contributed by atoms with van der Waals surface area (Å²) in [4.78, 5) is 11.7. The van der Waals surface area contributed by atoms with Crippen molar-refractivity contribution in [2.24, 2.45) is 0 Å². The zero-order chi connectivity index (χ0) is 18.2. The Morgan fingerprint density at radius 1 is 1.20 bits per heavy atom. The first-order valence-corrected chi connectivity index (χ1v) is 10.2. The summed E-state index contributed by atoms with van der Waals surface area (Å²) in [5, 5.41) is 3.18. The standard InChI is InChI=1S/C16H28N6O2S/c1-17-15-12-8-10-21(4)11-13(12)18-16(19-15)14-7-5-6-9-22(14)25(23,24)20(2)3/h14H,5-11H2,1-4H3,(H,17,18,19)/t14-/m1/s1. The summed E-state index contributed by atoms with van der Waals surface area (Å²) in [6, 6.07) is -0.300. The van der Waals surface area contributed by atoms with Crippen LogP contribution < -0.4 is 5.32 Å². The van der Waals surface area contributed by atoms with E-state index < -0.39 is 10.2 Å². The third-order valence-corrected chi connectivity index (χ3v) is 6.97. The smallest absolute Gasteiger partial charge is 0.282 e. The van der Waals surface area contributed by atoms with Crippen molar-refractivity contribution in [3.05, 3.63) is 17.1 Å². The van der Waals surface area contributed by atoms with Gasteiger partial charge in [0.25, 0.3) is 10.2 Å². The lowest BCUT2D eigenvalue weighted by Crippen LogP contribution is -2.45. The van der Waals surface area contributed by atoms with Crippen molar-refractivity contribution in [2.75, 3.05) is 46.6 Å². The van der Waals surface area contributed by atoms with Crippen molar-refractivity contribution in [3.63, 3.8) is 0 Å². The highest BCUT2D eigenvalue weighted by atomic mass is 32.2. The zero-order valence-electron chi connectivity index (χ0n) is 15.5. The van der Waals surface area contributed by atoms with Crippen LogP contribution in [0.25, 0.3) is 0 Å². The molecule has 9 heteroatoms. The molecule has 0 radical (unpaired) electrons. The van der Waals surface area contributed by atoms with Crippen LogP contribution in [0.1, 0.15) is 42.4 Å². The minimum atomic E-state index is -3.49. The van der Waals surface area contributed by atoms with Gasteiger partial charge >= 0.3 is 0 Å². The number of piperidine rings is 1. The number of nitrogens with zero attached hydrogens (tertiary/aromatic N) is 5. The summed E-state index contributed by atoms with van der Waals surface area (Å²) < 4.78 is 28.3. The second kappa shape index (κ2) is 7.14. The largest absolute Gasteiger partial charge is 0.373 e. The zero-order valence-corrected chi connectivity index (χ0v) is 16.3. The van der Waals surface area contributed by atoms with Gasteiger partial charge in [-0.25, -0.2) is 9.97 Å². The molecule has 0 amide bonds. The molecule has 1 atom stereocenters. The average Bonchev–Trinajstić information content (AvgIpc) is 2.60. The van der Waals surface area contributed by atoms with E-state index in [1.807, 2.05) is 7.05 Å². The Morgan fingerprint density at radius 3 is 2.64 bits per heavy atom. The number of hydrogen-bond acceptors (Lipinski definition) is 6. The molecule has 2 aliphatic heterocycles. The minimum Gasteiger partial charge on any atom is -0.373 e. The molecule has 0 aromatic carbocycles. The van der Waals surface area contributed by atoms with Crippen molar-refractivity contribution >= 4 is 16.0 Å². The fraction of sp³-hybridized carbons (Fsp3) is 0.750. The van der Waals surface area contributed by atoms with Gasteiger partial charge in [0.1, 0.15) is 11.6 Å². The van der Waals surface area contributed by atoms with E-state index in [4.69, 9.17) is 9.97 Å². The molecule has 140 valence electrons. The number of aromatic nitrogens is 2. The molecule has 0 saturated carbocycles. The molecule has 3 rings (SSSR count). The molecule has 0 unspecified atom stereocenters. The number of rotatable bonds is 4. The number of nitrogens with one attached hydrogen (secondary N) is 1. The van der Waals surface area contributed by atoms with Crippen LogP contribution in [0.4, 0.5) is 5.82 Å². The molecule has 0 bridgehead atoms. The normalized spacial score (nSPS) is 22.8. The van der Waals surface area contributed by atoms with Crippen molar-refractivity contribution in [3.8, 4) is 0 Å². The molecular weight excluding hydrogens is 340 g/mol. The maximum absolute atomic E-state index is 12.7. The van der Waals surface area contributed by atoms with Gasteiger partial charge in [0, 0.05) is 46.3 Å². The lowest BCUT2D eigenvalue weighted by atomic mass is 10.0. The van der Waals surface area contributed by atoms with Gasteiger partial charge < -0.3 is 10.2 Å². The lowest BCUT2D eigenvalue weighted by Gasteiger charge is -2.36. The van der Waals surface area contributed by atoms with Gasteiger partial charge in [0.2, 0.25) is 0 Å². The molecule has 1 aromatic heterocycles. The molecule has 2 aliphatic rings. The van der Waals surface area contributed by atoms with Crippen molar-refractivity contribution in [2.45, 2.75) is 38.3 Å². The predicted octanol–water partition coefficient (Wildman–Crippen LogP) is 0.840. The van der Waals surface area contributed by atoms with Gasteiger partial charge in [-0.3, -0.25) is 0 Å². The van der Waals surface area contributed by atoms with Crippen LogP contribution in [-0.2, 0) is 23.2 Å². The second-order valence-corrected chi connectivity index (χ2v) is 9.10. The summed E-state index contributed by atoms with van der Waals surface area (Å²) in [7, 11) is 3.59. The van der Waals surface area contributed by atoms with Crippen molar-refractivity contribution < 1.29 is 8.42 Å². The van der Waals surface area contributed by atoms with Crippen LogP contribution >= 0.6 is 0 Å². The van der Waals surface area contributed by atoms with Gasteiger partial charge in [-0.1, -0.05) is 6.42 Å². The summed E-state index contributed by atoms with van der Waals surface area (Å²) in [6.45, 7) is 2.27. The van der Waals surface area contributed by atoms with Crippen molar-refractivity contribution in [1.29, 1.82) is 0 Å². The Hall–Kier alpha value is -1.29. The number of fused-ring (bicyclic) bond motifs is 1. The lowest BCUT2D eigenvalue weighted by molar-refractivity contribution is 0.232. The topological polar surface area (TPSA) is 81.7 Å². The molecule has 1 aromatic rings. The van der Waals surface area contributed by atoms with Gasteiger partial charge in [-0.05, 0) is 26.3 Å². The van der Waals surface area contributed by atoms with Gasteiger partial charge in [-0.15, -0.1) is 0 Å². The Bertz CT molecular complexity index is 736. The Balaban J connectivity index is 2.03. The summed E-state index contributed by atoms with van der Waals surface area (Å²) >= 11 is 0. The van der Waals surface area contributed by atoms with Crippen LogP contribution in [-0.4, -0.2) is 73.2 Å². The predicted molar refractivity (Wildman–Crippen MR) is 97.5 cm³/mol. The first kappa shape index (κ1) is 18.5. The Labute approximate surface area is 150 Å². The van der Waals surface area contributed by atoms with E-state index in [-0.39, 0.29) is 6.04 Å². The first-order valence-electron chi connectivity index (χ1n) is 8.80. The number of likely N-dealkylation sites (N-methyl/N-ethyl adjacent to an activating group) is 1. The van der Waals surface area contributed by atoms with Gasteiger partial charge in [0.05, 0.1) is 11.7 Å². The highest BCUT2D eigenvalue weighted by Crippen LogP contribution is 2.34. The van der Waals surface area contributed by atoms with Crippen LogP contribution in [0.2, 0.25) is 0 Å². The SMILES string of the molecule is CNc1nc([C@H]2CCCCN2S(=O)(=O)N(C)C)nc2c1CCN(C)C2. The molecule has 1 saturated heterocycles. The summed E-state index contributed by atoms with van der Waals surface area (Å²) in [5.41, 5.74) is 2.16. The molecule has 3 heterocycles. The summed E-state index contributed by atoms with van der Waals surface area (Å²) in [6.07, 6.45) is 3.52. The van der Waals surface area contributed by atoms with Crippen molar-refractivity contribution in [1.82, 2.24) is 23.5 Å². The third-order valence-electron chi connectivity index (χ3n) is 5.02. The van der Waals surface area contributed by atoms with E-state index in [2.05, 4.69) is 17.3 Å². The fourth-order valence-corrected chi connectivity index (χ4v) is 4.89. The quantitative estimate of drug-likeness (QED) is 0.848. The number of anilines is 1. The Morgan fingerprint density at radius 2 is 1.96 bits per heavy atom. The highest BCUT2D eigenvalue weighted by molar-refractivity contribution is 7.86. The maximum atomic E-state index is 12.7. The van der Waals surface area contributed by atoms with E-state index >= 15 is 0 Å². The molecule has 25 heavy (non-hydrogen) atoms. The van der Waals surface area contributed by atoms with E-state index in [9.17, 15) is 8.42 Å². The second-order valence-electron chi connectivity index (χ2n) is 7.01. The van der Waals surface area contributed by atoms with Crippen LogP contribution in [0.3, 0.4) is 0 Å². The molecule has 8 nitrogen and oxygen atoms in total. The average molecular weight is 369 g/mol. The van der Waals surface area contributed by atoms with Crippen LogP contribution in [0.5, 0.6) is 0 Å². The molecule has 1 N–H and O–H groups in total. The number of hydrogen-bond donors (Lipinski definition) is 1. The fourth-order valence-electron chi connectivity index (χ4n) is 3.59. The first-order chi connectivity index (χ1) is 11.8.